The standard InChI is InChI=1S/C13H26N2/c1-2-13-11-15(9-4-8-14-13)10-7-12-5-3-6-12/h12-14H,2-11H2,1H3. The van der Waals surface area contributed by atoms with Crippen molar-refractivity contribution >= 4 is 0 Å². The first kappa shape index (κ1) is 11.4. The van der Waals surface area contributed by atoms with E-state index in [1.807, 2.05) is 0 Å². The summed E-state index contributed by atoms with van der Waals surface area (Å²) < 4.78 is 0. The number of nitrogens with zero attached hydrogens (tertiary/aromatic N) is 1. The molecule has 1 saturated carbocycles. The van der Waals surface area contributed by atoms with E-state index in [0.29, 0.717) is 0 Å². The van der Waals surface area contributed by atoms with Gasteiger partial charge in [0.2, 0.25) is 0 Å². The molecule has 0 bridgehead atoms. The highest BCUT2D eigenvalue weighted by atomic mass is 15.2. The molecular formula is C13H26N2. The van der Waals surface area contributed by atoms with Crippen LogP contribution in [0.15, 0.2) is 0 Å². The van der Waals surface area contributed by atoms with Gasteiger partial charge < -0.3 is 10.2 Å². The van der Waals surface area contributed by atoms with Crippen LogP contribution >= 0.6 is 0 Å². The third-order valence-electron chi connectivity index (χ3n) is 4.13. The Balaban J connectivity index is 1.69. The lowest BCUT2D eigenvalue weighted by molar-refractivity contribution is 0.210. The van der Waals surface area contributed by atoms with Crippen LogP contribution in [0, 0.1) is 5.92 Å². The van der Waals surface area contributed by atoms with Crippen molar-refractivity contribution in [3.8, 4) is 0 Å². The zero-order valence-electron chi connectivity index (χ0n) is 10.2. The Morgan fingerprint density at radius 1 is 1.27 bits per heavy atom. The van der Waals surface area contributed by atoms with Crippen LogP contribution in [0.1, 0.15) is 45.4 Å². The third kappa shape index (κ3) is 3.46. The van der Waals surface area contributed by atoms with Crippen molar-refractivity contribution in [3.05, 3.63) is 0 Å². The maximum atomic E-state index is 3.64. The van der Waals surface area contributed by atoms with Gasteiger partial charge in [-0.25, -0.2) is 0 Å². The largest absolute Gasteiger partial charge is 0.313 e. The lowest BCUT2D eigenvalue weighted by atomic mass is 9.83. The lowest BCUT2D eigenvalue weighted by Crippen LogP contribution is -2.38. The molecule has 0 spiro atoms. The highest BCUT2D eigenvalue weighted by Crippen LogP contribution is 2.29. The SMILES string of the molecule is CCC1CN(CCC2CCC2)CCCN1. The summed E-state index contributed by atoms with van der Waals surface area (Å²) in [6.07, 6.45) is 8.56. The summed E-state index contributed by atoms with van der Waals surface area (Å²) in [7, 11) is 0. The van der Waals surface area contributed by atoms with Crippen LogP contribution < -0.4 is 5.32 Å². The van der Waals surface area contributed by atoms with Crippen molar-refractivity contribution < 1.29 is 0 Å². The number of nitrogens with one attached hydrogen (secondary N) is 1. The van der Waals surface area contributed by atoms with Crippen LogP contribution in [0.2, 0.25) is 0 Å². The molecule has 2 nitrogen and oxygen atoms in total. The number of hydrogen-bond acceptors (Lipinski definition) is 2. The lowest BCUT2D eigenvalue weighted by Gasteiger charge is -2.29. The van der Waals surface area contributed by atoms with Crippen molar-refractivity contribution in [2.24, 2.45) is 5.92 Å². The molecule has 2 rings (SSSR count). The summed E-state index contributed by atoms with van der Waals surface area (Å²) >= 11 is 0. The second-order valence-electron chi connectivity index (χ2n) is 5.30. The van der Waals surface area contributed by atoms with Gasteiger partial charge >= 0.3 is 0 Å². The van der Waals surface area contributed by atoms with Crippen LogP contribution in [0.25, 0.3) is 0 Å². The van der Waals surface area contributed by atoms with Gasteiger partial charge in [0.25, 0.3) is 0 Å². The average molecular weight is 210 g/mol. The molecule has 1 aliphatic heterocycles. The van der Waals surface area contributed by atoms with Crippen molar-refractivity contribution in [2.75, 3.05) is 26.2 Å². The first-order chi connectivity index (χ1) is 7.38. The van der Waals surface area contributed by atoms with Gasteiger partial charge in [0, 0.05) is 12.6 Å². The fourth-order valence-corrected chi connectivity index (χ4v) is 2.70. The molecule has 1 aliphatic carbocycles. The first-order valence-electron chi connectivity index (χ1n) is 6.84. The van der Waals surface area contributed by atoms with Crippen molar-refractivity contribution in [1.29, 1.82) is 0 Å². The third-order valence-corrected chi connectivity index (χ3v) is 4.13. The van der Waals surface area contributed by atoms with Crippen LogP contribution in [0.5, 0.6) is 0 Å². The summed E-state index contributed by atoms with van der Waals surface area (Å²) in [6, 6.07) is 0.744. The van der Waals surface area contributed by atoms with E-state index in [2.05, 4.69) is 17.1 Å². The molecule has 88 valence electrons. The van der Waals surface area contributed by atoms with E-state index in [0.717, 1.165) is 12.0 Å². The van der Waals surface area contributed by atoms with Crippen LogP contribution in [-0.4, -0.2) is 37.1 Å². The maximum Gasteiger partial charge on any atom is 0.0192 e. The highest BCUT2D eigenvalue weighted by Gasteiger charge is 2.20. The molecule has 1 heterocycles. The molecule has 15 heavy (non-hydrogen) atoms. The normalized spacial score (nSPS) is 29.8. The van der Waals surface area contributed by atoms with E-state index < -0.39 is 0 Å². The Morgan fingerprint density at radius 3 is 2.80 bits per heavy atom. The Morgan fingerprint density at radius 2 is 2.13 bits per heavy atom. The minimum atomic E-state index is 0.744. The molecule has 0 aromatic rings. The van der Waals surface area contributed by atoms with E-state index in [-0.39, 0.29) is 0 Å². The predicted octanol–water partition coefficient (Wildman–Crippen LogP) is 2.25. The summed E-state index contributed by atoms with van der Waals surface area (Å²) in [5.74, 6) is 1.07. The molecule has 1 atom stereocenters. The molecule has 2 aliphatic rings. The first-order valence-corrected chi connectivity index (χ1v) is 6.84. The van der Waals surface area contributed by atoms with E-state index in [4.69, 9.17) is 0 Å². The van der Waals surface area contributed by atoms with Crippen molar-refractivity contribution in [3.63, 3.8) is 0 Å². The van der Waals surface area contributed by atoms with E-state index in [1.54, 1.807) is 0 Å². The topological polar surface area (TPSA) is 15.3 Å². The second-order valence-corrected chi connectivity index (χ2v) is 5.30. The molecule has 2 heteroatoms. The summed E-state index contributed by atoms with van der Waals surface area (Å²) in [6.45, 7) is 7.47. The molecule has 0 aromatic carbocycles. The van der Waals surface area contributed by atoms with Gasteiger partial charge in [-0.3, -0.25) is 0 Å². The van der Waals surface area contributed by atoms with Gasteiger partial charge in [-0.05, 0) is 44.8 Å². The Labute approximate surface area is 94.4 Å². The van der Waals surface area contributed by atoms with Gasteiger partial charge in [-0.2, -0.15) is 0 Å². The molecule has 1 N–H and O–H groups in total. The predicted molar refractivity (Wildman–Crippen MR) is 65.1 cm³/mol. The quantitative estimate of drug-likeness (QED) is 0.765. The van der Waals surface area contributed by atoms with Gasteiger partial charge in [-0.1, -0.05) is 26.2 Å². The average Bonchev–Trinajstić information content (AvgIpc) is 2.40. The summed E-state index contributed by atoms with van der Waals surface area (Å²) in [5, 5.41) is 3.64. The van der Waals surface area contributed by atoms with Crippen molar-refractivity contribution in [2.45, 2.75) is 51.5 Å². The van der Waals surface area contributed by atoms with E-state index in [1.165, 1.54) is 64.7 Å². The van der Waals surface area contributed by atoms with Crippen LogP contribution in [0.3, 0.4) is 0 Å². The highest BCUT2D eigenvalue weighted by molar-refractivity contribution is 4.77. The molecule has 1 saturated heterocycles. The van der Waals surface area contributed by atoms with Crippen LogP contribution in [0.4, 0.5) is 0 Å². The fourth-order valence-electron chi connectivity index (χ4n) is 2.70. The van der Waals surface area contributed by atoms with E-state index >= 15 is 0 Å². The molecular weight excluding hydrogens is 184 g/mol. The van der Waals surface area contributed by atoms with E-state index in [9.17, 15) is 0 Å². The number of rotatable bonds is 4. The minimum absolute atomic E-state index is 0.744. The monoisotopic (exact) mass is 210 g/mol. The Bertz CT molecular complexity index is 177. The minimum Gasteiger partial charge on any atom is -0.313 e. The summed E-state index contributed by atoms with van der Waals surface area (Å²) in [5.41, 5.74) is 0. The van der Waals surface area contributed by atoms with Gasteiger partial charge in [0.15, 0.2) is 0 Å². The van der Waals surface area contributed by atoms with Gasteiger partial charge in [0.1, 0.15) is 0 Å². The zero-order valence-corrected chi connectivity index (χ0v) is 10.2. The molecule has 2 fully saturated rings. The van der Waals surface area contributed by atoms with Gasteiger partial charge in [-0.15, -0.1) is 0 Å². The maximum absolute atomic E-state index is 3.64. The van der Waals surface area contributed by atoms with Gasteiger partial charge in [0.05, 0.1) is 0 Å². The Hall–Kier alpha value is -0.0800. The molecule has 1 unspecified atom stereocenters. The number of hydrogen-bond donors (Lipinski definition) is 1. The van der Waals surface area contributed by atoms with Crippen LogP contribution in [-0.2, 0) is 0 Å². The molecule has 0 aromatic heterocycles. The molecule has 0 radical (unpaired) electrons. The smallest absolute Gasteiger partial charge is 0.0192 e. The summed E-state index contributed by atoms with van der Waals surface area (Å²) in [4.78, 5) is 2.69. The zero-order chi connectivity index (χ0) is 10.5. The second kappa shape index (κ2) is 5.86. The fraction of sp³-hybridized carbons (Fsp3) is 1.00. The molecule has 0 amide bonds. The Kier molecular flexibility index (Phi) is 4.45. The van der Waals surface area contributed by atoms with Crippen molar-refractivity contribution in [1.82, 2.24) is 10.2 Å².